The molecule has 0 radical (unpaired) electrons. The maximum absolute atomic E-state index is 4.87. The molecular formula is C2H8N4O. The number of hydroxylamine groups is 1. The highest BCUT2D eigenvalue weighted by Gasteiger charge is 1.74. The van der Waals surface area contributed by atoms with Gasteiger partial charge >= 0.3 is 0 Å². The normalized spacial score (nSPS) is 8.14. The van der Waals surface area contributed by atoms with Crippen molar-refractivity contribution in [2.75, 3.05) is 7.05 Å². The number of hydrazine groups is 1. The summed E-state index contributed by atoms with van der Waals surface area (Å²) >= 11 is 0. The molecule has 0 saturated heterocycles. The fourth-order valence-corrected chi connectivity index (χ4v) is 0.0933. The second-order valence-corrected chi connectivity index (χ2v) is 0.817. The predicted molar refractivity (Wildman–Crippen MR) is 25.1 cm³/mol. The van der Waals surface area contributed by atoms with Crippen LogP contribution in [0.2, 0.25) is 0 Å². The topological polar surface area (TPSA) is 64.4 Å². The SMILES string of the molecule is C=[N+](N)[N-]ONC. The number of nitrogens with one attached hydrogen (secondary N) is 1. The molecule has 5 heteroatoms. The second-order valence-electron chi connectivity index (χ2n) is 0.817. The van der Waals surface area contributed by atoms with E-state index in [1.165, 1.54) is 0 Å². The molecule has 7 heavy (non-hydrogen) atoms. The van der Waals surface area contributed by atoms with Crippen LogP contribution in [0.15, 0.2) is 0 Å². The van der Waals surface area contributed by atoms with Gasteiger partial charge in [-0.3, -0.25) is 5.84 Å². The molecule has 0 spiro atoms. The van der Waals surface area contributed by atoms with Crippen LogP contribution in [0, 0.1) is 0 Å². The Morgan fingerprint density at radius 2 is 2.57 bits per heavy atom. The molecule has 0 atom stereocenters. The van der Waals surface area contributed by atoms with E-state index >= 15 is 0 Å². The van der Waals surface area contributed by atoms with E-state index in [1.54, 1.807) is 7.05 Å². The molecule has 0 heterocycles. The molecule has 3 N–H and O–H groups in total. The van der Waals surface area contributed by atoms with Crippen molar-refractivity contribution in [1.29, 1.82) is 0 Å². The Morgan fingerprint density at radius 3 is 2.71 bits per heavy atom. The smallest absolute Gasteiger partial charge is 0.155 e. The van der Waals surface area contributed by atoms with Crippen LogP contribution in [0.5, 0.6) is 0 Å². The molecule has 0 aromatic carbocycles. The number of nitrogens with zero attached hydrogens (tertiary/aromatic N) is 2. The van der Waals surface area contributed by atoms with Crippen molar-refractivity contribution >= 4 is 6.72 Å². The summed E-state index contributed by atoms with van der Waals surface area (Å²) in [5.74, 6) is 4.87. The molecule has 0 aliphatic heterocycles. The zero-order chi connectivity index (χ0) is 5.70. The molecule has 0 aromatic rings. The fourth-order valence-electron chi connectivity index (χ4n) is 0.0933. The maximum Gasteiger partial charge on any atom is 0.155 e. The van der Waals surface area contributed by atoms with Gasteiger partial charge in [0.15, 0.2) is 6.72 Å². The first kappa shape index (κ1) is 6.19. The molecule has 0 saturated carbocycles. The number of hydrogen-bond acceptors (Lipinski definition) is 3. The highest BCUT2D eigenvalue weighted by atomic mass is 16.8. The molecule has 0 aliphatic carbocycles. The van der Waals surface area contributed by atoms with Gasteiger partial charge in [0.2, 0.25) is 0 Å². The Labute approximate surface area is 41.6 Å². The summed E-state index contributed by atoms with van der Waals surface area (Å²) in [5.41, 5.74) is 5.40. The molecule has 0 amide bonds. The van der Waals surface area contributed by atoms with Crippen LogP contribution in [-0.4, -0.2) is 18.6 Å². The monoisotopic (exact) mass is 104 g/mol. The minimum absolute atomic E-state index is 0.802. The average molecular weight is 104 g/mol. The van der Waals surface area contributed by atoms with E-state index in [4.69, 9.17) is 5.84 Å². The highest BCUT2D eigenvalue weighted by molar-refractivity contribution is 5.14. The van der Waals surface area contributed by atoms with Crippen LogP contribution in [0.25, 0.3) is 5.59 Å². The van der Waals surface area contributed by atoms with Crippen LogP contribution in [0.3, 0.4) is 0 Å². The molecule has 0 unspecified atom stereocenters. The first-order valence-electron chi connectivity index (χ1n) is 1.66. The third-order valence-electron chi connectivity index (χ3n) is 0.237. The van der Waals surface area contributed by atoms with Crippen LogP contribution >= 0.6 is 0 Å². The van der Waals surface area contributed by atoms with E-state index in [2.05, 4.69) is 22.7 Å². The van der Waals surface area contributed by atoms with Crippen LogP contribution < -0.4 is 11.3 Å². The number of hydrazone groups is 1. The fraction of sp³-hybridized carbons (Fsp3) is 0.500. The zero-order valence-corrected chi connectivity index (χ0v) is 4.09. The summed E-state index contributed by atoms with van der Waals surface area (Å²) in [6.45, 7) is 3.16. The van der Waals surface area contributed by atoms with Gasteiger partial charge < -0.3 is 0 Å². The molecule has 0 aliphatic rings. The summed E-state index contributed by atoms with van der Waals surface area (Å²) < 4.78 is 0. The lowest BCUT2D eigenvalue weighted by Gasteiger charge is -1.99. The summed E-state index contributed by atoms with van der Waals surface area (Å²) in [6.07, 6.45) is 0. The van der Waals surface area contributed by atoms with Gasteiger partial charge in [0.1, 0.15) is 0 Å². The van der Waals surface area contributed by atoms with Crippen molar-refractivity contribution in [3.63, 3.8) is 0 Å². The summed E-state index contributed by atoms with van der Waals surface area (Å²) in [7, 11) is 1.56. The molecule has 0 aromatic heterocycles. The van der Waals surface area contributed by atoms with Crippen molar-refractivity contribution in [2.24, 2.45) is 5.84 Å². The lowest BCUT2D eigenvalue weighted by atomic mass is 11.6. The second kappa shape index (κ2) is 3.38. The van der Waals surface area contributed by atoms with Crippen molar-refractivity contribution in [2.45, 2.75) is 0 Å². The van der Waals surface area contributed by atoms with Gasteiger partial charge in [-0.2, -0.15) is 5.48 Å². The minimum Gasteiger partial charge on any atom is -0.297 e. The quantitative estimate of drug-likeness (QED) is 0.207. The van der Waals surface area contributed by atoms with Gasteiger partial charge in [-0.25, -0.2) is 4.94 Å². The van der Waals surface area contributed by atoms with Crippen LogP contribution in [0.4, 0.5) is 0 Å². The number of rotatable bonds is 3. The number of nitrogens with two attached hydrogens (primary N) is 1. The van der Waals surface area contributed by atoms with Crippen molar-refractivity contribution in [3.05, 3.63) is 5.59 Å². The van der Waals surface area contributed by atoms with Gasteiger partial charge in [0.25, 0.3) is 0 Å². The lowest BCUT2D eigenvalue weighted by Crippen LogP contribution is -2.16. The Hall–Kier alpha value is -0.810. The first-order chi connectivity index (χ1) is 3.27. The minimum atomic E-state index is 0.802. The van der Waals surface area contributed by atoms with E-state index in [0.717, 1.165) is 4.79 Å². The maximum atomic E-state index is 4.87. The van der Waals surface area contributed by atoms with E-state index in [0.29, 0.717) is 0 Å². The van der Waals surface area contributed by atoms with E-state index in [1.807, 2.05) is 0 Å². The molecule has 5 nitrogen and oxygen atoms in total. The van der Waals surface area contributed by atoms with Crippen LogP contribution in [0.1, 0.15) is 0 Å². The summed E-state index contributed by atoms with van der Waals surface area (Å²) in [6, 6.07) is 0. The molecule has 0 fully saturated rings. The Balaban J connectivity index is 2.82. The van der Waals surface area contributed by atoms with Gasteiger partial charge in [0.05, 0.1) is 0 Å². The first-order valence-corrected chi connectivity index (χ1v) is 1.66. The molecular weight excluding hydrogens is 96.0 g/mol. The van der Waals surface area contributed by atoms with Crippen molar-refractivity contribution in [3.8, 4) is 0 Å². The average Bonchev–Trinajstić information content (AvgIpc) is 1.61. The van der Waals surface area contributed by atoms with E-state index < -0.39 is 0 Å². The lowest BCUT2D eigenvalue weighted by molar-refractivity contribution is -0.519. The third-order valence-corrected chi connectivity index (χ3v) is 0.237. The summed E-state index contributed by atoms with van der Waals surface area (Å²) in [5, 5.41) is 0. The molecule has 42 valence electrons. The molecule has 0 rings (SSSR count). The third kappa shape index (κ3) is 5.19. The van der Waals surface area contributed by atoms with Crippen molar-refractivity contribution in [1.82, 2.24) is 5.48 Å². The van der Waals surface area contributed by atoms with Crippen molar-refractivity contribution < 1.29 is 9.73 Å². The van der Waals surface area contributed by atoms with Gasteiger partial charge in [-0.15, -0.1) is 4.79 Å². The largest absolute Gasteiger partial charge is 0.297 e. The van der Waals surface area contributed by atoms with Gasteiger partial charge in [-0.05, 0) is 5.59 Å². The standard InChI is InChI=1S/C2H8N4O/c1-4-7-5-6(2)3/h4H,2H2,1H3,(H2,3,5). The highest BCUT2D eigenvalue weighted by Crippen LogP contribution is 1.74. The van der Waals surface area contributed by atoms with Crippen LogP contribution in [-0.2, 0) is 4.94 Å². The van der Waals surface area contributed by atoms with E-state index in [-0.39, 0.29) is 0 Å². The summed E-state index contributed by atoms with van der Waals surface area (Å²) in [4.78, 5) is 5.01. The van der Waals surface area contributed by atoms with E-state index in [9.17, 15) is 0 Å². The zero-order valence-electron chi connectivity index (χ0n) is 4.09. The van der Waals surface area contributed by atoms with Gasteiger partial charge in [-0.1, -0.05) is 0 Å². The Morgan fingerprint density at radius 1 is 2.00 bits per heavy atom. The number of hydrogen-bond donors (Lipinski definition) is 2. The van der Waals surface area contributed by atoms with Gasteiger partial charge in [0, 0.05) is 7.05 Å². The Bertz CT molecular complexity index is 62.7. The Kier molecular flexibility index (Phi) is 2.99. The predicted octanol–water partition coefficient (Wildman–Crippen LogP) is -1.07. The molecule has 0 bridgehead atoms.